The van der Waals surface area contributed by atoms with Gasteiger partial charge < -0.3 is 11.1 Å². The third-order valence-electron chi connectivity index (χ3n) is 3.88. The van der Waals surface area contributed by atoms with E-state index in [9.17, 15) is 9.59 Å². The van der Waals surface area contributed by atoms with E-state index in [1.807, 2.05) is 36.6 Å². The van der Waals surface area contributed by atoms with Gasteiger partial charge in [0.15, 0.2) is 0 Å². The summed E-state index contributed by atoms with van der Waals surface area (Å²) in [5, 5.41) is 5.42. The van der Waals surface area contributed by atoms with E-state index < -0.39 is 11.9 Å². The van der Waals surface area contributed by atoms with Crippen LogP contribution in [-0.4, -0.2) is 16.8 Å². The number of aryl methyl sites for hydroxylation is 1. The lowest BCUT2D eigenvalue weighted by molar-refractivity contribution is -0.127. The van der Waals surface area contributed by atoms with Crippen molar-refractivity contribution in [3.05, 3.63) is 76.8 Å². The van der Waals surface area contributed by atoms with Crippen LogP contribution in [0.3, 0.4) is 0 Å². The van der Waals surface area contributed by atoms with Crippen LogP contribution < -0.4 is 11.1 Å². The quantitative estimate of drug-likeness (QED) is 0.704. The summed E-state index contributed by atoms with van der Waals surface area (Å²) in [5.41, 5.74) is 8.95. The molecule has 0 aliphatic heterocycles. The van der Waals surface area contributed by atoms with Gasteiger partial charge >= 0.3 is 0 Å². The number of rotatable bonds is 6. The lowest BCUT2D eigenvalue weighted by Crippen LogP contribution is -2.38. The Hall–Kier alpha value is -2.99. The maximum Gasteiger partial charge on any atom is 0.244 e. The number of hydrogen-bond acceptors (Lipinski definition) is 4. The van der Waals surface area contributed by atoms with E-state index >= 15 is 0 Å². The van der Waals surface area contributed by atoms with E-state index in [4.69, 9.17) is 5.73 Å². The maximum atomic E-state index is 12.3. The number of aromatic nitrogens is 1. The molecule has 3 N–H and O–H groups in total. The average molecular weight is 365 g/mol. The molecule has 5 nitrogen and oxygen atoms in total. The monoisotopic (exact) mass is 365 g/mol. The molecular formula is C20H19N3O2S. The molecule has 0 unspecified atom stereocenters. The van der Waals surface area contributed by atoms with Crippen molar-refractivity contribution in [1.82, 2.24) is 10.3 Å². The number of amides is 2. The number of carbonyl (C=O) groups is 2. The minimum atomic E-state index is -0.849. The zero-order valence-corrected chi connectivity index (χ0v) is 15.1. The van der Waals surface area contributed by atoms with Gasteiger partial charge in [0.05, 0.1) is 12.1 Å². The van der Waals surface area contributed by atoms with Crippen molar-refractivity contribution in [3.63, 3.8) is 0 Å². The maximum absolute atomic E-state index is 12.3. The summed E-state index contributed by atoms with van der Waals surface area (Å²) in [7, 11) is 0. The molecule has 132 valence electrons. The molecular weight excluding hydrogens is 346 g/mol. The molecule has 2 amide bonds. The molecule has 1 heterocycles. The standard InChI is InChI=1S/C20H19N3O2S/c1-13-6-5-9-15(10-13)20-22-16(12-26-20)11-17(24)23-18(19(21)25)14-7-3-2-4-8-14/h2-10,12,18H,11H2,1H3,(H2,21,25)(H,23,24)/t18-/m0/s1. The SMILES string of the molecule is Cc1cccc(-c2nc(CC(=O)N[C@H](C(N)=O)c3ccccc3)cs2)c1. The summed E-state index contributed by atoms with van der Waals surface area (Å²) in [6.07, 6.45) is 0.0962. The Bertz CT molecular complexity index is 922. The van der Waals surface area contributed by atoms with E-state index in [0.29, 0.717) is 11.3 Å². The van der Waals surface area contributed by atoms with Crippen molar-refractivity contribution >= 4 is 23.2 Å². The fourth-order valence-corrected chi connectivity index (χ4v) is 3.46. The van der Waals surface area contributed by atoms with Crippen LogP contribution in [0.1, 0.15) is 22.9 Å². The highest BCUT2D eigenvalue weighted by Gasteiger charge is 2.20. The summed E-state index contributed by atoms with van der Waals surface area (Å²) in [6.45, 7) is 2.03. The smallest absolute Gasteiger partial charge is 0.244 e. The summed E-state index contributed by atoms with van der Waals surface area (Å²) in [4.78, 5) is 28.6. The minimum Gasteiger partial charge on any atom is -0.368 e. The van der Waals surface area contributed by atoms with Crippen LogP contribution in [-0.2, 0) is 16.0 Å². The first-order valence-corrected chi connectivity index (χ1v) is 9.06. The molecule has 0 radical (unpaired) electrons. The third kappa shape index (κ3) is 4.34. The van der Waals surface area contributed by atoms with Gasteiger partial charge in [-0.1, -0.05) is 54.1 Å². The molecule has 2 aromatic carbocycles. The van der Waals surface area contributed by atoms with Crippen molar-refractivity contribution in [2.45, 2.75) is 19.4 Å². The molecule has 0 fully saturated rings. The van der Waals surface area contributed by atoms with Crippen molar-refractivity contribution in [1.29, 1.82) is 0 Å². The highest BCUT2D eigenvalue weighted by Crippen LogP contribution is 2.24. The molecule has 6 heteroatoms. The van der Waals surface area contributed by atoms with E-state index in [1.54, 1.807) is 24.3 Å². The van der Waals surface area contributed by atoms with Crippen LogP contribution in [0.25, 0.3) is 10.6 Å². The third-order valence-corrected chi connectivity index (χ3v) is 4.82. The second-order valence-corrected chi connectivity index (χ2v) is 6.86. The zero-order valence-electron chi connectivity index (χ0n) is 14.3. The predicted molar refractivity (Wildman–Crippen MR) is 103 cm³/mol. The minimum absolute atomic E-state index is 0.0962. The lowest BCUT2D eigenvalue weighted by Gasteiger charge is -2.15. The molecule has 0 aliphatic carbocycles. The van der Waals surface area contributed by atoms with Gasteiger partial charge in [0.25, 0.3) is 0 Å². The topological polar surface area (TPSA) is 85.1 Å². The average Bonchev–Trinajstić information content (AvgIpc) is 3.08. The second-order valence-electron chi connectivity index (χ2n) is 6.00. The fourth-order valence-electron chi connectivity index (χ4n) is 2.64. The van der Waals surface area contributed by atoms with Crippen LogP contribution in [0.4, 0.5) is 0 Å². The van der Waals surface area contributed by atoms with Crippen molar-refractivity contribution in [2.75, 3.05) is 0 Å². The molecule has 26 heavy (non-hydrogen) atoms. The molecule has 3 rings (SSSR count). The van der Waals surface area contributed by atoms with Gasteiger partial charge in [0, 0.05) is 10.9 Å². The van der Waals surface area contributed by atoms with E-state index in [2.05, 4.69) is 16.4 Å². The van der Waals surface area contributed by atoms with Gasteiger partial charge in [-0.3, -0.25) is 9.59 Å². The van der Waals surface area contributed by atoms with Crippen LogP contribution in [0.5, 0.6) is 0 Å². The predicted octanol–water partition coefficient (Wildman–Crippen LogP) is 3.00. The Morgan fingerprint density at radius 3 is 2.62 bits per heavy atom. The normalized spacial score (nSPS) is 11.7. The number of thiazole rings is 1. The number of nitrogens with zero attached hydrogens (tertiary/aromatic N) is 1. The summed E-state index contributed by atoms with van der Waals surface area (Å²) in [5.74, 6) is -0.887. The van der Waals surface area contributed by atoms with Crippen LogP contribution in [0.2, 0.25) is 0 Å². The highest BCUT2D eigenvalue weighted by atomic mass is 32.1. The molecule has 0 bridgehead atoms. The molecule has 0 saturated heterocycles. The number of nitrogens with one attached hydrogen (secondary N) is 1. The van der Waals surface area contributed by atoms with E-state index in [1.165, 1.54) is 11.3 Å². The van der Waals surface area contributed by atoms with Gasteiger partial charge in [-0.25, -0.2) is 4.98 Å². The van der Waals surface area contributed by atoms with Gasteiger partial charge in [-0.05, 0) is 18.6 Å². The van der Waals surface area contributed by atoms with Crippen molar-refractivity contribution in [3.8, 4) is 10.6 Å². The second kappa shape index (κ2) is 7.93. The Kier molecular flexibility index (Phi) is 5.43. The van der Waals surface area contributed by atoms with Crippen molar-refractivity contribution < 1.29 is 9.59 Å². The molecule has 0 saturated carbocycles. The van der Waals surface area contributed by atoms with Gasteiger partial charge in [-0.15, -0.1) is 11.3 Å². The molecule has 3 aromatic rings. The van der Waals surface area contributed by atoms with Crippen LogP contribution in [0, 0.1) is 6.92 Å². The number of benzene rings is 2. The largest absolute Gasteiger partial charge is 0.368 e. The highest BCUT2D eigenvalue weighted by molar-refractivity contribution is 7.13. The van der Waals surface area contributed by atoms with E-state index in [-0.39, 0.29) is 12.3 Å². The summed E-state index contributed by atoms with van der Waals surface area (Å²) >= 11 is 1.49. The number of hydrogen-bond donors (Lipinski definition) is 2. The Morgan fingerprint density at radius 2 is 1.92 bits per heavy atom. The van der Waals surface area contributed by atoms with Crippen molar-refractivity contribution in [2.24, 2.45) is 5.73 Å². The fraction of sp³-hybridized carbons (Fsp3) is 0.150. The molecule has 0 aliphatic rings. The number of carbonyl (C=O) groups excluding carboxylic acids is 2. The van der Waals surface area contributed by atoms with Crippen LogP contribution >= 0.6 is 11.3 Å². The van der Waals surface area contributed by atoms with E-state index in [0.717, 1.165) is 16.1 Å². The molecule has 1 aromatic heterocycles. The summed E-state index contributed by atoms with van der Waals surface area (Å²) in [6, 6.07) is 16.2. The Morgan fingerprint density at radius 1 is 1.15 bits per heavy atom. The summed E-state index contributed by atoms with van der Waals surface area (Å²) < 4.78 is 0. The number of nitrogens with two attached hydrogens (primary N) is 1. The van der Waals surface area contributed by atoms with Gasteiger partial charge in [-0.2, -0.15) is 0 Å². The van der Waals surface area contributed by atoms with Gasteiger partial charge in [0.2, 0.25) is 11.8 Å². The lowest BCUT2D eigenvalue weighted by atomic mass is 10.1. The molecule has 0 spiro atoms. The molecule has 1 atom stereocenters. The van der Waals surface area contributed by atoms with Gasteiger partial charge in [0.1, 0.15) is 11.0 Å². The first kappa shape index (κ1) is 17.8. The number of primary amides is 1. The Labute approximate surface area is 155 Å². The zero-order chi connectivity index (χ0) is 18.5. The van der Waals surface area contributed by atoms with Crippen LogP contribution in [0.15, 0.2) is 60.0 Å². The first-order valence-electron chi connectivity index (χ1n) is 8.18. The Balaban J connectivity index is 1.69. The first-order chi connectivity index (χ1) is 12.5.